The summed E-state index contributed by atoms with van der Waals surface area (Å²) in [6, 6.07) is 10.7. The number of amides is 1. The Morgan fingerprint density at radius 3 is 2.64 bits per heavy atom. The molecule has 10 heteroatoms. The van der Waals surface area contributed by atoms with E-state index < -0.39 is 26.7 Å². The predicted octanol–water partition coefficient (Wildman–Crippen LogP) is 3.84. The largest absolute Gasteiger partial charge is 0.330 e. The zero-order valence-corrected chi connectivity index (χ0v) is 17.7. The number of nitro benzene ring substituents is 1. The molecule has 0 saturated carbocycles. The van der Waals surface area contributed by atoms with Crippen LogP contribution in [0.5, 0.6) is 0 Å². The third-order valence-electron chi connectivity index (χ3n) is 4.54. The van der Waals surface area contributed by atoms with Crippen molar-refractivity contribution in [3.8, 4) is 0 Å². The molecule has 3 rings (SSSR count). The van der Waals surface area contributed by atoms with Crippen molar-refractivity contribution >= 4 is 49.0 Å². The van der Waals surface area contributed by atoms with E-state index in [1.807, 2.05) is 24.3 Å². The lowest BCUT2D eigenvalue weighted by Gasteiger charge is -2.28. The van der Waals surface area contributed by atoms with Crippen LogP contribution in [0, 0.1) is 10.1 Å². The molecular weight excluding hydrogens is 472 g/mol. The maximum atomic E-state index is 13.2. The van der Waals surface area contributed by atoms with E-state index in [2.05, 4.69) is 15.9 Å². The van der Waals surface area contributed by atoms with Gasteiger partial charge in [0.2, 0.25) is 0 Å². The summed E-state index contributed by atoms with van der Waals surface area (Å²) in [5, 5.41) is 11.1. The average Bonchev–Trinajstić information content (AvgIpc) is 2.99. The van der Waals surface area contributed by atoms with Gasteiger partial charge in [0, 0.05) is 28.7 Å². The van der Waals surface area contributed by atoms with Crippen LogP contribution < -0.4 is 0 Å². The topological polar surface area (TPSA) is 97.6 Å². The Morgan fingerprint density at radius 2 is 2.04 bits per heavy atom. The highest BCUT2D eigenvalue weighted by molar-refractivity contribution is 9.10. The van der Waals surface area contributed by atoms with Gasteiger partial charge < -0.3 is 4.90 Å². The maximum absolute atomic E-state index is 13.2. The van der Waals surface area contributed by atoms with Crippen LogP contribution in [0.2, 0.25) is 5.02 Å². The molecule has 0 aromatic heterocycles. The number of benzene rings is 2. The first-order valence-corrected chi connectivity index (χ1v) is 11.4. The van der Waals surface area contributed by atoms with Gasteiger partial charge in [0.25, 0.3) is 11.6 Å². The second-order valence-electron chi connectivity index (χ2n) is 6.54. The van der Waals surface area contributed by atoms with E-state index in [0.29, 0.717) is 6.42 Å². The van der Waals surface area contributed by atoms with Crippen LogP contribution in [0.4, 0.5) is 5.69 Å². The van der Waals surface area contributed by atoms with Gasteiger partial charge in [-0.1, -0.05) is 39.7 Å². The van der Waals surface area contributed by atoms with E-state index in [0.717, 1.165) is 16.1 Å². The van der Waals surface area contributed by atoms with Crippen LogP contribution in [-0.2, 0) is 16.4 Å². The SMILES string of the molecule is O=C(c1ccc(Cl)c([N+](=O)[O-])c1)N(Cc1cccc(Br)c1)[C@@H]1CCS(=O)(=O)C1. The van der Waals surface area contributed by atoms with Crippen molar-refractivity contribution in [2.45, 2.75) is 19.0 Å². The first kappa shape index (κ1) is 20.8. The molecule has 7 nitrogen and oxygen atoms in total. The number of hydrogen-bond donors (Lipinski definition) is 0. The van der Waals surface area contributed by atoms with Gasteiger partial charge in [0.15, 0.2) is 9.84 Å². The molecule has 1 amide bonds. The fourth-order valence-corrected chi connectivity index (χ4v) is 5.54. The molecule has 28 heavy (non-hydrogen) atoms. The van der Waals surface area contributed by atoms with Crippen molar-refractivity contribution in [3.05, 3.63) is 73.2 Å². The van der Waals surface area contributed by atoms with E-state index in [-0.39, 0.29) is 34.3 Å². The summed E-state index contributed by atoms with van der Waals surface area (Å²) in [5.74, 6) is -0.579. The van der Waals surface area contributed by atoms with E-state index in [1.54, 1.807) is 0 Å². The Labute approximate surface area is 175 Å². The minimum absolute atomic E-state index is 0.0146. The lowest BCUT2D eigenvalue weighted by Crippen LogP contribution is -2.40. The lowest BCUT2D eigenvalue weighted by molar-refractivity contribution is -0.384. The Balaban J connectivity index is 1.97. The first-order chi connectivity index (χ1) is 13.2. The fourth-order valence-electron chi connectivity index (χ4n) is 3.17. The van der Waals surface area contributed by atoms with Gasteiger partial charge in [-0.05, 0) is 36.2 Å². The van der Waals surface area contributed by atoms with Crippen LogP contribution in [0.3, 0.4) is 0 Å². The number of rotatable bonds is 5. The van der Waals surface area contributed by atoms with Crippen molar-refractivity contribution in [2.75, 3.05) is 11.5 Å². The standard InChI is InChI=1S/C18H16BrClN2O5S/c19-14-3-1-2-12(8-14)10-21(15-6-7-28(26,27)11-15)18(23)13-4-5-16(20)17(9-13)22(24)25/h1-5,8-9,15H,6-7,10-11H2/t15-/m1/s1. The number of halogens is 2. The molecule has 1 atom stereocenters. The molecule has 2 aromatic rings. The van der Waals surface area contributed by atoms with Crippen molar-refractivity contribution < 1.29 is 18.1 Å². The predicted molar refractivity (Wildman–Crippen MR) is 109 cm³/mol. The summed E-state index contributed by atoms with van der Waals surface area (Å²) in [7, 11) is -3.22. The summed E-state index contributed by atoms with van der Waals surface area (Å²) in [6.45, 7) is 0.189. The fraction of sp³-hybridized carbons (Fsp3) is 0.278. The van der Waals surface area contributed by atoms with Gasteiger partial charge in [-0.15, -0.1) is 0 Å². The Hall–Kier alpha value is -1.97. The molecule has 1 aliphatic heterocycles. The maximum Gasteiger partial charge on any atom is 0.288 e. The molecule has 0 aliphatic carbocycles. The molecule has 0 N–H and O–H groups in total. The van der Waals surface area contributed by atoms with Crippen LogP contribution in [0.1, 0.15) is 22.3 Å². The van der Waals surface area contributed by atoms with E-state index in [4.69, 9.17) is 11.6 Å². The number of nitrogens with zero attached hydrogens (tertiary/aromatic N) is 2. The smallest absolute Gasteiger partial charge is 0.288 e. The Bertz CT molecular complexity index is 1040. The number of sulfone groups is 1. The second kappa shape index (κ2) is 8.18. The van der Waals surface area contributed by atoms with Gasteiger partial charge >= 0.3 is 0 Å². The molecule has 2 aromatic carbocycles. The molecule has 1 fully saturated rings. The van der Waals surface area contributed by atoms with E-state index >= 15 is 0 Å². The summed E-state index contributed by atoms with van der Waals surface area (Å²) >= 11 is 9.22. The zero-order chi connectivity index (χ0) is 20.5. The number of hydrogen-bond acceptors (Lipinski definition) is 5. The number of carbonyl (C=O) groups excluding carboxylic acids is 1. The van der Waals surface area contributed by atoms with E-state index in [9.17, 15) is 23.3 Å². The highest BCUT2D eigenvalue weighted by atomic mass is 79.9. The normalized spacial score (nSPS) is 18.0. The van der Waals surface area contributed by atoms with Crippen molar-refractivity contribution in [3.63, 3.8) is 0 Å². The Kier molecular flexibility index (Phi) is 6.07. The Morgan fingerprint density at radius 1 is 1.29 bits per heavy atom. The monoisotopic (exact) mass is 486 g/mol. The van der Waals surface area contributed by atoms with Crippen LogP contribution in [-0.4, -0.2) is 41.7 Å². The highest BCUT2D eigenvalue weighted by Crippen LogP contribution is 2.28. The molecule has 0 unspecified atom stereocenters. The average molecular weight is 488 g/mol. The quantitative estimate of drug-likeness (QED) is 0.471. The summed E-state index contributed by atoms with van der Waals surface area (Å²) < 4.78 is 24.7. The van der Waals surface area contributed by atoms with Crippen LogP contribution in [0.25, 0.3) is 0 Å². The number of nitro groups is 1. The van der Waals surface area contributed by atoms with Crippen LogP contribution >= 0.6 is 27.5 Å². The van der Waals surface area contributed by atoms with Gasteiger partial charge in [0.1, 0.15) is 5.02 Å². The molecule has 0 bridgehead atoms. The molecule has 0 radical (unpaired) electrons. The molecule has 148 valence electrons. The van der Waals surface area contributed by atoms with Crippen molar-refractivity contribution in [1.82, 2.24) is 4.90 Å². The lowest BCUT2D eigenvalue weighted by atomic mass is 10.1. The molecule has 1 heterocycles. The van der Waals surface area contributed by atoms with E-state index in [1.165, 1.54) is 17.0 Å². The molecular formula is C18H16BrClN2O5S. The summed E-state index contributed by atoms with van der Waals surface area (Å²) in [6.07, 6.45) is 0.331. The van der Waals surface area contributed by atoms with Crippen LogP contribution in [0.15, 0.2) is 46.9 Å². The summed E-state index contributed by atoms with van der Waals surface area (Å²) in [4.78, 5) is 25.1. The highest BCUT2D eigenvalue weighted by Gasteiger charge is 2.35. The molecule has 1 aliphatic rings. The molecule has 1 saturated heterocycles. The zero-order valence-electron chi connectivity index (χ0n) is 14.5. The van der Waals surface area contributed by atoms with Gasteiger partial charge in [-0.2, -0.15) is 0 Å². The first-order valence-electron chi connectivity index (χ1n) is 8.36. The summed E-state index contributed by atoms with van der Waals surface area (Å²) in [5.41, 5.74) is 0.542. The molecule has 0 spiro atoms. The van der Waals surface area contributed by atoms with Gasteiger partial charge in [0.05, 0.1) is 16.4 Å². The third-order valence-corrected chi connectivity index (χ3v) is 7.10. The van der Waals surface area contributed by atoms with Crippen molar-refractivity contribution in [1.29, 1.82) is 0 Å². The van der Waals surface area contributed by atoms with Crippen molar-refractivity contribution in [2.24, 2.45) is 0 Å². The number of carbonyl (C=O) groups is 1. The van der Waals surface area contributed by atoms with Gasteiger partial charge in [-0.3, -0.25) is 14.9 Å². The second-order valence-corrected chi connectivity index (χ2v) is 10.1. The minimum atomic E-state index is -3.22. The minimum Gasteiger partial charge on any atom is -0.330 e. The van der Waals surface area contributed by atoms with Gasteiger partial charge in [-0.25, -0.2) is 8.42 Å². The third kappa shape index (κ3) is 4.71.